The van der Waals surface area contributed by atoms with Crippen molar-refractivity contribution in [3.05, 3.63) is 108 Å². The van der Waals surface area contributed by atoms with Crippen LogP contribution >= 0.6 is 0 Å². The van der Waals surface area contributed by atoms with E-state index in [1.54, 1.807) is 0 Å². The summed E-state index contributed by atoms with van der Waals surface area (Å²) in [5.74, 6) is -1.09. The first-order valence-corrected chi connectivity index (χ1v) is 14.8. The second kappa shape index (κ2) is 15.5. The predicted octanol–water partition coefficient (Wildman–Crippen LogP) is 4.34. The van der Waals surface area contributed by atoms with Gasteiger partial charge >= 0.3 is 6.09 Å². The lowest BCUT2D eigenvalue weighted by atomic mass is 9.97. The molecule has 1 heterocycles. The van der Waals surface area contributed by atoms with Crippen LogP contribution < -0.4 is 16.0 Å². The lowest BCUT2D eigenvalue weighted by Gasteiger charge is -2.26. The molecule has 226 valence electrons. The Morgan fingerprint density at radius 2 is 1.42 bits per heavy atom. The molecule has 1 aliphatic heterocycles. The Morgan fingerprint density at radius 3 is 2.00 bits per heavy atom. The van der Waals surface area contributed by atoms with Gasteiger partial charge in [0.25, 0.3) is 0 Å². The summed E-state index contributed by atoms with van der Waals surface area (Å²) in [6, 6.07) is 26.7. The molecule has 2 unspecified atom stereocenters. The lowest BCUT2D eigenvalue weighted by Crippen LogP contribution is -2.52. The van der Waals surface area contributed by atoms with Crippen LogP contribution in [0.2, 0.25) is 0 Å². The maximum Gasteiger partial charge on any atom is 0.410 e. The molecule has 0 radical (unpaired) electrons. The first-order chi connectivity index (χ1) is 20.8. The van der Waals surface area contributed by atoms with Crippen LogP contribution in [0, 0.1) is 5.92 Å². The molecule has 9 nitrogen and oxygen atoms in total. The van der Waals surface area contributed by atoms with Crippen molar-refractivity contribution < 1.29 is 23.9 Å². The number of rotatable bonds is 12. The Hall–Kier alpha value is -4.66. The molecule has 0 aromatic heterocycles. The van der Waals surface area contributed by atoms with Gasteiger partial charge in [0.15, 0.2) is 0 Å². The van der Waals surface area contributed by atoms with E-state index in [1.807, 2.05) is 105 Å². The highest BCUT2D eigenvalue weighted by Gasteiger charge is 2.35. The van der Waals surface area contributed by atoms with E-state index >= 15 is 0 Å². The molecule has 3 aromatic carbocycles. The van der Waals surface area contributed by atoms with Crippen LogP contribution in [0.5, 0.6) is 0 Å². The van der Waals surface area contributed by atoms with Crippen molar-refractivity contribution >= 4 is 23.8 Å². The van der Waals surface area contributed by atoms with Gasteiger partial charge in [-0.05, 0) is 41.9 Å². The summed E-state index contributed by atoms with van der Waals surface area (Å²) < 4.78 is 5.41. The highest BCUT2D eigenvalue weighted by Crippen LogP contribution is 2.23. The fraction of sp³-hybridized carbons (Fsp3) is 0.353. The molecule has 0 saturated carbocycles. The van der Waals surface area contributed by atoms with E-state index in [9.17, 15) is 19.2 Å². The van der Waals surface area contributed by atoms with E-state index in [1.165, 1.54) is 4.90 Å². The van der Waals surface area contributed by atoms with Crippen LogP contribution in [0.25, 0.3) is 0 Å². The Labute approximate surface area is 253 Å². The van der Waals surface area contributed by atoms with E-state index in [2.05, 4.69) is 16.0 Å². The number of amides is 4. The standard InChI is InChI=1S/C34H40N4O5/c1-24(2)21-28(32(40)37-31(26-15-8-4-9-16-26)27-17-10-5-11-18-27)36-30(39)22-35-33(41)29-19-12-20-38(29)34(42)43-23-25-13-6-3-7-14-25/h3-11,13-18,24,28-29,31H,12,19-23H2,1-2H3,(H,35,41)(H,36,39)(H,37,40). The van der Waals surface area contributed by atoms with Gasteiger partial charge in [-0.1, -0.05) is 105 Å². The van der Waals surface area contributed by atoms with Crippen LogP contribution in [0.4, 0.5) is 4.79 Å². The van der Waals surface area contributed by atoms with Crippen molar-refractivity contribution in [2.24, 2.45) is 5.92 Å². The summed E-state index contributed by atoms with van der Waals surface area (Å²) in [7, 11) is 0. The van der Waals surface area contributed by atoms with E-state index in [0.29, 0.717) is 25.8 Å². The monoisotopic (exact) mass is 584 g/mol. The van der Waals surface area contributed by atoms with Crippen LogP contribution in [0.3, 0.4) is 0 Å². The average Bonchev–Trinajstić information content (AvgIpc) is 3.52. The molecule has 4 amide bonds. The molecule has 0 spiro atoms. The minimum absolute atomic E-state index is 0.113. The van der Waals surface area contributed by atoms with E-state index in [-0.39, 0.29) is 25.0 Å². The Bertz CT molecular complexity index is 1310. The molecule has 1 aliphatic rings. The van der Waals surface area contributed by atoms with Crippen molar-refractivity contribution in [3.8, 4) is 0 Å². The van der Waals surface area contributed by atoms with Gasteiger partial charge < -0.3 is 20.7 Å². The Morgan fingerprint density at radius 1 is 0.837 bits per heavy atom. The molecular formula is C34H40N4O5. The number of hydrogen-bond acceptors (Lipinski definition) is 5. The second-order valence-electron chi connectivity index (χ2n) is 11.1. The van der Waals surface area contributed by atoms with Crippen LogP contribution in [-0.2, 0) is 25.7 Å². The maximum atomic E-state index is 13.5. The molecular weight excluding hydrogens is 544 g/mol. The summed E-state index contributed by atoms with van der Waals surface area (Å²) in [6.07, 6.45) is 0.995. The van der Waals surface area contributed by atoms with E-state index in [0.717, 1.165) is 16.7 Å². The number of ether oxygens (including phenoxy) is 1. The van der Waals surface area contributed by atoms with E-state index < -0.39 is 36.0 Å². The summed E-state index contributed by atoms with van der Waals surface area (Å²) in [5.41, 5.74) is 2.70. The minimum atomic E-state index is -0.796. The molecule has 0 aliphatic carbocycles. The SMILES string of the molecule is CC(C)CC(NC(=O)CNC(=O)C1CCCN1C(=O)OCc1ccccc1)C(=O)NC(c1ccccc1)c1ccccc1. The predicted molar refractivity (Wildman–Crippen MR) is 164 cm³/mol. The zero-order chi connectivity index (χ0) is 30.6. The summed E-state index contributed by atoms with van der Waals surface area (Å²) in [6.45, 7) is 4.16. The fourth-order valence-electron chi connectivity index (χ4n) is 5.19. The quantitative estimate of drug-likeness (QED) is 0.293. The Kier molecular flexibility index (Phi) is 11.3. The summed E-state index contributed by atoms with van der Waals surface area (Å²) in [5, 5.41) is 8.56. The van der Waals surface area contributed by atoms with Crippen molar-refractivity contribution in [1.29, 1.82) is 0 Å². The third kappa shape index (κ3) is 9.16. The average molecular weight is 585 g/mol. The first kappa shape index (κ1) is 31.3. The van der Waals surface area contributed by atoms with Crippen molar-refractivity contribution in [2.75, 3.05) is 13.1 Å². The molecule has 3 aromatic rings. The van der Waals surface area contributed by atoms with Gasteiger partial charge in [0.1, 0.15) is 18.7 Å². The van der Waals surface area contributed by atoms with Crippen molar-refractivity contribution in [1.82, 2.24) is 20.9 Å². The van der Waals surface area contributed by atoms with E-state index in [4.69, 9.17) is 4.74 Å². The number of likely N-dealkylation sites (tertiary alicyclic amines) is 1. The lowest BCUT2D eigenvalue weighted by molar-refractivity contribution is -0.131. The molecule has 9 heteroatoms. The number of carbonyl (C=O) groups excluding carboxylic acids is 4. The molecule has 1 saturated heterocycles. The third-order valence-electron chi connectivity index (χ3n) is 7.33. The minimum Gasteiger partial charge on any atom is -0.445 e. The van der Waals surface area contributed by atoms with Crippen LogP contribution in [0.1, 0.15) is 55.8 Å². The fourth-order valence-corrected chi connectivity index (χ4v) is 5.19. The smallest absolute Gasteiger partial charge is 0.410 e. The van der Waals surface area contributed by atoms with Gasteiger partial charge in [-0.15, -0.1) is 0 Å². The van der Waals surface area contributed by atoms with Gasteiger partial charge in [0.05, 0.1) is 12.6 Å². The first-order valence-electron chi connectivity index (χ1n) is 14.8. The zero-order valence-electron chi connectivity index (χ0n) is 24.7. The topological polar surface area (TPSA) is 117 Å². The van der Waals surface area contributed by atoms with Crippen molar-refractivity contribution in [3.63, 3.8) is 0 Å². The van der Waals surface area contributed by atoms with Gasteiger partial charge in [-0.25, -0.2) is 4.79 Å². The normalized spacial score (nSPS) is 15.2. The second-order valence-corrected chi connectivity index (χ2v) is 11.1. The summed E-state index contributed by atoms with van der Waals surface area (Å²) in [4.78, 5) is 53.5. The molecule has 43 heavy (non-hydrogen) atoms. The largest absolute Gasteiger partial charge is 0.445 e. The highest BCUT2D eigenvalue weighted by atomic mass is 16.6. The Balaban J connectivity index is 1.33. The molecule has 2 atom stereocenters. The molecule has 1 fully saturated rings. The molecule has 0 bridgehead atoms. The van der Waals surface area contributed by atoms with Crippen LogP contribution in [0.15, 0.2) is 91.0 Å². The number of benzene rings is 3. The van der Waals surface area contributed by atoms with Crippen LogP contribution in [-0.4, -0.2) is 53.9 Å². The van der Waals surface area contributed by atoms with Gasteiger partial charge in [-0.2, -0.15) is 0 Å². The zero-order valence-corrected chi connectivity index (χ0v) is 24.7. The molecule has 4 rings (SSSR count). The summed E-state index contributed by atoms with van der Waals surface area (Å²) >= 11 is 0. The number of nitrogens with one attached hydrogen (secondary N) is 3. The number of hydrogen-bond donors (Lipinski definition) is 3. The number of nitrogens with zero attached hydrogens (tertiary/aromatic N) is 1. The third-order valence-corrected chi connectivity index (χ3v) is 7.33. The maximum absolute atomic E-state index is 13.5. The highest BCUT2D eigenvalue weighted by molar-refractivity contribution is 5.92. The van der Waals surface area contributed by atoms with Gasteiger partial charge in [-0.3, -0.25) is 19.3 Å². The van der Waals surface area contributed by atoms with Gasteiger partial charge in [0.2, 0.25) is 17.7 Å². The van der Waals surface area contributed by atoms with Gasteiger partial charge in [0, 0.05) is 6.54 Å². The molecule has 3 N–H and O–H groups in total. The number of carbonyl (C=O) groups is 4. The van der Waals surface area contributed by atoms with Crippen molar-refractivity contribution in [2.45, 2.75) is 57.8 Å².